The van der Waals surface area contributed by atoms with Crippen LogP contribution in [0.1, 0.15) is 36.0 Å². The maximum absolute atomic E-state index is 13.5. The van der Waals surface area contributed by atoms with Gasteiger partial charge < -0.3 is 30.0 Å². The van der Waals surface area contributed by atoms with Gasteiger partial charge in [0.15, 0.2) is 0 Å². The molecular formula is C37H44N2O7. The van der Waals surface area contributed by atoms with Gasteiger partial charge in [-0.2, -0.15) is 0 Å². The van der Waals surface area contributed by atoms with E-state index in [0.717, 1.165) is 22.4 Å². The molecule has 3 aromatic carbocycles. The third-order valence-corrected chi connectivity index (χ3v) is 7.70. The Morgan fingerprint density at radius 3 is 2.17 bits per heavy atom. The van der Waals surface area contributed by atoms with Gasteiger partial charge in [-0.1, -0.05) is 84.9 Å². The Kier molecular flexibility index (Phi) is 14.3. The zero-order chi connectivity index (χ0) is 32.4. The summed E-state index contributed by atoms with van der Waals surface area (Å²) < 4.78 is 16.9. The molecule has 1 aliphatic heterocycles. The second-order valence-electron chi connectivity index (χ2n) is 11.4. The molecule has 0 saturated heterocycles. The van der Waals surface area contributed by atoms with E-state index in [1.807, 2.05) is 97.1 Å². The van der Waals surface area contributed by atoms with E-state index >= 15 is 0 Å². The van der Waals surface area contributed by atoms with E-state index in [1.54, 1.807) is 0 Å². The van der Waals surface area contributed by atoms with Crippen LogP contribution in [-0.2, 0) is 43.3 Å². The topological polar surface area (TPSA) is 123 Å². The number of benzene rings is 3. The first-order valence-electron chi connectivity index (χ1n) is 15.9. The smallest absolute Gasteiger partial charge is 0.309 e. The van der Waals surface area contributed by atoms with Crippen molar-refractivity contribution >= 4 is 17.8 Å². The summed E-state index contributed by atoms with van der Waals surface area (Å²) in [6, 6.07) is 26.9. The zero-order valence-electron chi connectivity index (χ0n) is 26.1. The van der Waals surface area contributed by atoms with E-state index in [1.165, 1.54) is 0 Å². The van der Waals surface area contributed by atoms with Crippen molar-refractivity contribution in [3.05, 3.63) is 114 Å². The van der Waals surface area contributed by atoms with Crippen LogP contribution in [0.15, 0.2) is 97.1 Å². The predicted molar refractivity (Wildman–Crippen MR) is 175 cm³/mol. The van der Waals surface area contributed by atoms with E-state index < -0.39 is 12.0 Å². The summed E-state index contributed by atoms with van der Waals surface area (Å²) in [4.78, 5) is 39.5. The van der Waals surface area contributed by atoms with Crippen molar-refractivity contribution < 1.29 is 33.7 Å². The predicted octanol–water partition coefficient (Wildman–Crippen LogP) is 4.18. The molecule has 1 heterocycles. The Morgan fingerprint density at radius 1 is 0.826 bits per heavy atom. The van der Waals surface area contributed by atoms with E-state index in [9.17, 15) is 14.4 Å². The zero-order valence-corrected chi connectivity index (χ0v) is 26.1. The first-order chi connectivity index (χ1) is 22.5. The summed E-state index contributed by atoms with van der Waals surface area (Å²) in [6.45, 7) is 1.14. The molecule has 0 fully saturated rings. The van der Waals surface area contributed by atoms with Crippen LogP contribution in [-0.4, -0.2) is 61.9 Å². The van der Waals surface area contributed by atoms with Crippen LogP contribution in [0.5, 0.6) is 5.75 Å². The van der Waals surface area contributed by atoms with E-state index in [0.29, 0.717) is 32.3 Å². The average Bonchev–Trinajstić information content (AvgIpc) is 3.07. The fourth-order valence-electron chi connectivity index (χ4n) is 5.21. The molecule has 46 heavy (non-hydrogen) atoms. The molecule has 244 valence electrons. The number of aliphatic hydroxyl groups is 1. The van der Waals surface area contributed by atoms with Crippen molar-refractivity contribution in [2.24, 2.45) is 11.8 Å². The number of cyclic esters (lactones) is 1. The van der Waals surface area contributed by atoms with E-state index in [4.69, 9.17) is 19.3 Å². The maximum atomic E-state index is 13.5. The number of carbonyl (C=O) groups excluding carboxylic acids is 3. The molecule has 3 N–H and O–H groups in total. The minimum absolute atomic E-state index is 0.00355. The number of esters is 1. The van der Waals surface area contributed by atoms with Crippen LogP contribution < -0.4 is 15.4 Å². The van der Waals surface area contributed by atoms with Gasteiger partial charge in [0.05, 0.1) is 37.7 Å². The van der Waals surface area contributed by atoms with Gasteiger partial charge in [0, 0.05) is 13.0 Å². The average molecular weight is 629 g/mol. The summed E-state index contributed by atoms with van der Waals surface area (Å²) in [5, 5.41) is 14.7. The second kappa shape index (κ2) is 19.1. The van der Waals surface area contributed by atoms with Gasteiger partial charge in [-0.15, -0.1) is 0 Å². The number of nitrogens with one attached hydrogen (secondary N) is 2. The Bertz CT molecular complexity index is 1380. The Morgan fingerprint density at radius 2 is 1.48 bits per heavy atom. The number of hydrogen-bond donors (Lipinski definition) is 3. The van der Waals surface area contributed by atoms with Crippen LogP contribution in [0.3, 0.4) is 0 Å². The summed E-state index contributed by atoms with van der Waals surface area (Å²) in [7, 11) is 0. The van der Waals surface area contributed by atoms with E-state index in [2.05, 4.69) is 10.6 Å². The third-order valence-electron chi connectivity index (χ3n) is 7.70. The number of allylic oxidation sites excluding steroid dienone is 2. The summed E-state index contributed by atoms with van der Waals surface area (Å²) in [5.74, 6) is -1.10. The number of hydrogen-bond acceptors (Lipinski definition) is 7. The molecule has 3 atom stereocenters. The number of rotatable bonds is 14. The Balaban J connectivity index is 1.44. The largest absolute Gasteiger partial charge is 0.489 e. The van der Waals surface area contributed by atoms with Crippen LogP contribution in [0.4, 0.5) is 0 Å². The van der Waals surface area contributed by atoms with Crippen LogP contribution >= 0.6 is 0 Å². The van der Waals surface area contributed by atoms with Crippen LogP contribution in [0.25, 0.3) is 0 Å². The molecule has 9 heteroatoms. The van der Waals surface area contributed by atoms with Crippen LogP contribution in [0, 0.1) is 11.8 Å². The lowest BCUT2D eigenvalue weighted by atomic mass is 9.94. The Hall–Kier alpha value is -4.47. The van der Waals surface area contributed by atoms with Crippen molar-refractivity contribution in [3.63, 3.8) is 0 Å². The monoisotopic (exact) mass is 628 g/mol. The number of ether oxygens (including phenoxy) is 3. The molecule has 0 spiro atoms. The summed E-state index contributed by atoms with van der Waals surface area (Å²) >= 11 is 0. The molecule has 1 aliphatic rings. The number of carbonyl (C=O) groups is 3. The van der Waals surface area contributed by atoms with Crippen molar-refractivity contribution in [2.45, 2.75) is 44.8 Å². The van der Waals surface area contributed by atoms with Gasteiger partial charge in [0.25, 0.3) is 0 Å². The van der Waals surface area contributed by atoms with Gasteiger partial charge in [0.2, 0.25) is 11.8 Å². The highest BCUT2D eigenvalue weighted by Gasteiger charge is 2.27. The lowest BCUT2D eigenvalue weighted by molar-refractivity contribution is -0.150. The molecule has 0 saturated carbocycles. The molecular weight excluding hydrogens is 584 g/mol. The number of aliphatic hydroxyl groups excluding tert-OH is 1. The quantitative estimate of drug-likeness (QED) is 0.139. The van der Waals surface area contributed by atoms with Crippen LogP contribution in [0.2, 0.25) is 0 Å². The molecule has 3 aromatic rings. The fraction of sp³-hybridized carbons (Fsp3) is 0.378. The first-order valence-corrected chi connectivity index (χ1v) is 15.9. The van der Waals surface area contributed by atoms with Gasteiger partial charge >= 0.3 is 5.97 Å². The number of amides is 2. The van der Waals surface area contributed by atoms with Crippen molar-refractivity contribution in [1.29, 1.82) is 0 Å². The highest BCUT2D eigenvalue weighted by molar-refractivity contribution is 5.86. The SMILES string of the molecule is O=C(C[C@H]1CC=CC[C@@H](Cc2ccccc2)C(=O)OC[C@H](Cc2ccc(OCc3ccccc3)cc2)NC1=O)NCCOCCO. The molecule has 0 aliphatic carbocycles. The normalized spacial score (nSPS) is 18.8. The highest BCUT2D eigenvalue weighted by Crippen LogP contribution is 2.20. The molecule has 0 aromatic heterocycles. The van der Waals surface area contributed by atoms with Gasteiger partial charge in [-0.3, -0.25) is 14.4 Å². The summed E-state index contributed by atoms with van der Waals surface area (Å²) in [5.41, 5.74) is 3.06. The molecule has 4 rings (SSSR count). The Labute approximate surface area is 271 Å². The van der Waals surface area contributed by atoms with Gasteiger partial charge in [-0.25, -0.2) is 0 Å². The standard InChI is InChI=1S/C37H44N2O7/c40-20-22-44-21-19-38-35(41)25-31-13-7-8-14-32(23-28-9-3-1-4-10-28)37(43)46-27-33(39-36(31)42)24-29-15-17-34(18-16-29)45-26-30-11-5-2-6-12-30/h1-12,15-18,31-33,40H,13-14,19-27H2,(H,38,41)(H,39,42)/t31-,32+,33+/m1/s1. The van der Waals surface area contributed by atoms with Crippen molar-refractivity contribution in [1.82, 2.24) is 10.6 Å². The summed E-state index contributed by atoms with van der Waals surface area (Å²) in [6.07, 6.45) is 5.56. The molecule has 9 nitrogen and oxygen atoms in total. The first kappa shape index (κ1) is 34.4. The molecule has 2 amide bonds. The highest BCUT2D eigenvalue weighted by atomic mass is 16.5. The van der Waals surface area contributed by atoms with E-state index in [-0.39, 0.29) is 63.1 Å². The maximum Gasteiger partial charge on any atom is 0.309 e. The lowest BCUT2D eigenvalue weighted by Gasteiger charge is -2.24. The molecule has 0 radical (unpaired) electrons. The lowest BCUT2D eigenvalue weighted by Crippen LogP contribution is -2.45. The van der Waals surface area contributed by atoms with Gasteiger partial charge in [-0.05, 0) is 54.5 Å². The third kappa shape index (κ3) is 12.1. The van der Waals surface area contributed by atoms with Gasteiger partial charge in [0.1, 0.15) is 19.0 Å². The minimum atomic E-state index is -0.603. The molecule has 0 unspecified atom stereocenters. The van der Waals surface area contributed by atoms with Crippen molar-refractivity contribution in [3.8, 4) is 5.75 Å². The second-order valence-corrected chi connectivity index (χ2v) is 11.4. The fourth-order valence-corrected chi connectivity index (χ4v) is 5.21. The van der Waals surface area contributed by atoms with Crippen molar-refractivity contribution in [2.75, 3.05) is 33.0 Å². The molecule has 0 bridgehead atoms. The minimum Gasteiger partial charge on any atom is -0.489 e.